The lowest BCUT2D eigenvalue weighted by molar-refractivity contribution is 0.102. The molecule has 1 fully saturated rings. The lowest BCUT2D eigenvalue weighted by atomic mass is 9.99. The number of carbonyl (C=O) groups excluding carboxylic acids is 1. The fraction of sp³-hybridized carbons (Fsp3) is 0.435. The van der Waals surface area contributed by atoms with Gasteiger partial charge in [0.05, 0.1) is 0 Å². The van der Waals surface area contributed by atoms with Crippen molar-refractivity contribution in [2.75, 3.05) is 18.4 Å². The van der Waals surface area contributed by atoms with Crippen LogP contribution in [0.25, 0.3) is 0 Å². The number of nitrogens with one attached hydrogen (secondary N) is 1. The van der Waals surface area contributed by atoms with Crippen LogP contribution < -0.4 is 5.32 Å². The predicted octanol–water partition coefficient (Wildman–Crippen LogP) is 5.29. The molecule has 0 spiro atoms. The topological polar surface area (TPSA) is 32.3 Å². The van der Waals surface area contributed by atoms with Crippen molar-refractivity contribution in [1.29, 1.82) is 0 Å². The SMILES string of the molecule is CC1CCCN(Cc2ccc(C(=O)Nc3ccccc3C(C)C)cc2)C1. The van der Waals surface area contributed by atoms with E-state index in [2.05, 4.69) is 49.2 Å². The molecule has 0 aliphatic carbocycles. The molecule has 1 aliphatic rings. The largest absolute Gasteiger partial charge is 0.322 e. The van der Waals surface area contributed by atoms with Crippen LogP contribution >= 0.6 is 0 Å². The average molecular weight is 351 g/mol. The van der Waals surface area contributed by atoms with E-state index in [0.29, 0.717) is 11.5 Å². The molecule has 26 heavy (non-hydrogen) atoms. The normalized spacial score (nSPS) is 18.1. The van der Waals surface area contributed by atoms with E-state index in [9.17, 15) is 4.79 Å². The molecular formula is C23H30N2O. The zero-order valence-electron chi connectivity index (χ0n) is 16.2. The van der Waals surface area contributed by atoms with Gasteiger partial charge in [-0.3, -0.25) is 9.69 Å². The monoisotopic (exact) mass is 350 g/mol. The number of amides is 1. The number of benzene rings is 2. The first-order chi connectivity index (χ1) is 12.5. The van der Waals surface area contributed by atoms with Gasteiger partial charge in [-0.15, -0.1) is 0 Å². The van der Waals surface area contributed by atoms with E-state index in [1.54, 1.807) is 0 Å². The molecule has 1 N–H and O–H groups in total. The first kappa shape index (κ1) is 18.7. The molecule has 3 rings (SSSR count). The van der Waals surface area contributed by atoms with Gasteiger partial charge in [-0.25, -0.2) is 0 Å². The van der Waals surface area contributed by atoms with Gasteiger partial charge in [0, 0.05) is 24.3 Å². The van der Waals surface area contributed by atoms with Gasteiger partial charge in [-0.2, -0.15) is 0 Å². The highest BCUT2D eigenvalue weighted by Gasteiger charge is 2.16. The maximum Gasteiger partial charge on any atom is 0.255 e. The molecule has 2 aromatic rings. The van der Waals surface area contributed by atoms with Crippen molar-refractivity contribution in [1.82, 2.24) is 4.90 Å². The smallest absolute Gasteiger partial charge is 0.255 e. The van der Waals surface area contributed by atoms with Crippen LogP contribution in [0, 0.1) is 5.92 Å². The molecule has 1 saturated heterocycles. The Morgan fingerprint density at radius 3 is 2.58 bits per heavy atom. The highest BCUT2D eigenvalue weighted by molar-refractivity contribution is 6.04. The number of likely N-dealkylation sites (tertiary alicyclic amines) is 1. The third-order valence-corrected chi connectivity index (χ3v) is 5.19. The first-order valence-electron chi connectivity index (χ1n) is 9.74. The number of nitrogens with zero attached hydrogens (tertiary/aromatic N) is 1. The Morgan fingerprint density at radius 2 is 1.88 bits per heavy atom. The lowest BCUT2D eigenvalue weighted by Crippen LogP contribution is -2.33. The maximum absolute atomic E-state index is 12.6. The second-order valence-corrected chi connectivity index (χ2v) is 7.88. The summed E-state index contributed by atoms with van der Waals surface area (Å²) in [7, 11) is 0. The summed E-state index contributed by atoms with van der Waals surface area (Å²) >= 11 is 0. The summed E-state index contributed by atoms with van der Waals surface area (Å²) in [5, 5.41) is 3.07. The second kappa shape index (κ2) is 8.50. The highest BCUT2D eigenvalue weighted by Crippen LogP contribution is 2.24. The molecule has 0 radical (unpaired) electrons. The van der Waals surface area contributed by atoms with Gasteiger partial charge < -0.3 is 5.32 Å². The molecule has 1 unspecified atom stereocenters. The number of rotatable bonds is 5. The molecule has 2 aromatic carbocycles. The van der Waals surface area contributed by atoms with Crippen LogP contribution in [-0.4, -0.2) is 23.9 Å². The average Bonchev–Trinajstić information content (AvgIpc) is 2.62. The zero-order chi connectivity index (χ0) is 18.5. The maximum atomic E-state index is 12.6. The molecule has 3 nitrogen and oxygen atoms in total. The van der Waals surface area contributed by atoms with E-state index < -0.39 is 0 Å². The van der Waals surface area contributed by atoms with Crippen LogP contribution in [-0.2, 0) is 6.54 Å². The molecule has 3 heteroatoms. The Hall–Kier alpha value is -2.13. The van der Waals surface area contributed by atoms with Gasteiger partial charge in [-0.1, -0.05) is 51.1 Å². The molecule has 0 saturated carbocycles. The van der Waals surface area contributed by atoms with Gasteiger partial charge in [0.1, 0.15) is 0 Å². The molecule has 1 atom stereocenters. The summed E-state index contributed by atoms with van der Waals surface area (Å²) in [5.41, 5.74) is 4.05. The van der Waals surface area contributed by atoms with Crippen molar-refractivity contribution in [2.45, 2.75) is 46.1 Å². The van der Waals surface area contributed by atoms with E-state index in [1.165, 1.54) is 31.5 Å². The Labute approximate surface area is 157 Å². The van der Waals surface area contributed by atoms with Gasteiger partial charge in [-0.05, 0) is 60.5 Å². The number of hydrogen-bond donors (Lipinski definition) is 1. The van der Waals surface area contributed by atoms with Crippen molar-refractivity contribution in [3.63, 3.8) is 0 Å². The minimum atomic E-state index is -0.0451. The van der Waals surface area contributed by atoms with E-state index >= 15 is 0 Å². The third-order valence-electron chi connectivity index (χ3n) is 5.19. The zero-order valence-corrected chi connectivity index (χ0v) is 16.2. The number of anilines is 1. The van der Waals surface area contributed by atoms with Crippen molar-refractivity contribution >= 4 is 11.6 Å². The first-order valence-corrected chi connectivity index (χ1v) is 9.74. The van der Waals surface area contributed by atoms with Crippen LogP contribution in [0.4, 0.5) is 5.69 Å². The van der Waals surface area contributed by atoms with Crippen LogP contribution in [0.5, 0.6) is 0 Å². The fourth-order valence-electron chi connectivity index (χ4n) is 3.76. The summed E-state index contributed by atoms with van der Waals surface area (Å²) in [5.74, 6) is 1.12. The lowest BCUT2D eigenvalue weighted by Gasteiger charge is -2.30. The highest BCUT2D eigenvalue weighted by atomic mass is 16.1. The number of hydrogen-bond acceptors (Lipinski definition) is 2. The minimum absolute atomic E-state index is 0.0451. The summed E-state index contributed by atoms with van der Waals surface area (Å²) < 4.78 is 0. The van der Waals surface area contributed by atoms with Gasteiger partial charge >= 0.3 is 0 Å². The Kier molecular flexibility index (Phi) is 6.10. The van der Waals surface area contributed by atoms with Crippen molar-refractivity contribution in [2.24, 2.45) is 5.92 Å². The number of carbonyl (C=O) groups is 1. The summed E-state index contributed by atoms with van der Waals surface area (Å²) in [6, 6.07) is 16.1. The van der Waals surface area contributed by atoms with Crippen molar-refractivity contribution in [3.05, 3.63) is 65.2 Å². The molecule has 0 bridgehead atoms. The minimum Gasteiger partial charge on any atom is -0.322 e. The quantitative estimate of drug-likeness (QED) is 0.794. The van der Waals surface area contributed by atoms with Crippen LogP contribution in [0.3, 0.4) is 0 Å². The molecule has 138 valence electrons. The Bertz CT molecular complexity index is 736. The second-order valence-electron chi connectivity index (χ2n) is 7.88. The van der Waals surface area contributed by atoms with E-state index in [1.807, 2.05) is 30.3 Å². The third kappa shape index (κ3) is 4.73. The van der Waals surface area contributed by atoms with E-state index in [4.69, 9.17) is 0 Å². The molecule has 1 heterocycles. The van der Waals surface area contributed by atoms with E-state index in [-0.39, 0.29) is 5.91 Å². The van der Waals surface area contributed by atoms with Crippen LogP contribution in [0.1, 0.15) is 61.0 Å². The van der Waals surface area contributed by atoms with Crippen LogP contribution in [0.15, 0.2) is 48.5 Å². The van der Waals surface area contributed by atoms with Gasteiger partial charge in [0.25, 0.3) is 5.91 Å². The predicted molar refractivity (Wildman–Crippen MR) is 109 cm³/mol. The standard InChI is InChI=1S/C23H30N2O/c1-17(2)21-8-4-5-9-22(21)24-23(26)20-12-10-19(11-13-20)16-25-14-6-7-18(3)15-25/h4-5,8-13,17-18H,6-7,14-16H2,1-3H3,(H,24,26). The van der Waals surface area contributed by atoms with Crippen molar-refractivity contribution < 1.29 is 4.79 Å². The molecular weight excluding hydrogens is 320 g/mol. The number of piperidine rings is 1. The van der Waals surface area contributed by atoms with Crippen LogP contribution in [0.2, 0.25) is 0 Å². The van der Waals surface area contributed by atoms with Gasteiger partial charge in [0.15, 0.2) is 0 Å². The number of para-hydroxylation sites is 1. The Balaban J connectivity index is 1.64. The summed E-state index contributed by atoms with van der Waals surface area (Å²) in [6.07, 6.45) is 2.63. The summed E-state index contributed by atoms with van der Waals surface area (Å²) in [4.78, 5) is 15.1. The molecule has 1 aliphatic heterocycles. The Morgan fingerprint density at radius 1 is 1.15 bits per heavy atom. The van der Waals surface area contributed by atoms with Gasteiger partial charge in [0.2, 0.25) is 0 Å². The molecule has 0 aromatic heterocycles. The fourth-order valence-corrected chi connectivity index (χ4v) is 3.76. The summed E-state index contributed by atoms with van der Waals surface area (Å²) in [6.45, 7) is 9.94. The van der Waals surface area contributed by atoms with Crippen molar-refractivity contribution in [3.8, 4) is 0 Å². The molecule has 1 amide bonds. The van der Waals surface area contributed by atoms with E-state index in [0.717, 1.165) is 23.7 Å².